The molecular weight excluding hydrogens is 310 g/mol. The number of amides is 1. The van der Waals surface area contributed by atoms with E-state index in [1.807, 2.05) is 53.4 Å². The summed E-state index contributed by atoms with van der Waals surface area (Å²) in [6, 6.07) is 19.9. The highest BCUT2D eigenvalue weighted by Crippen LogP contribution is 2.40. The highest BCUT2D eigenvalue weighted by molar-refractivity contribution is 5.84. The van der Waals surface area contributed by atoms with Crippen molar-refractivity contribution in [1.29, 1.82) is 0 Å². The van der Waals surface area contributed by atoms with E-state index < -0.39 is 0 Å². The Kier molecular flexibility index (Phi) is 5.54. The molecule has 25 heavy (non-hydrogen) atoms. The molecule has 2 aromatic rings. The predicted octanol–water partition coefficient (Wildman–Crippen LogP) is 3.98. The van der Waals surface area contributed by atoms with Crippen molar-refractivity contribution in [3.05, 3.63) is 71.8 Å². The van der Waals surface area contributed by atoms with Crippen LogP contribution in [-0.2, 0) is 11.2 Å². The fourth-order valence-electron chi connectivity index (χ4n) is 4.06. The molecule has 1 aliphatic heterocycles. The van der Waals surface area contributed by atoms with Gasteiger partial charge in [0.25, 0.3) is 0 Å². The molecule has 0 aromatic heterocycles. The van der Waals surface area contributed by atoms with Crippen molar-refractivity contribution in [2.24, 2.45) is 5.41 Å². The topological polar surface area (TPSA) is 40.5 Å². The Hall–Kier alpha value is -2.13. The third-order valence-corrected chi connectivity index (χ3v) is 5.56. The highest BCUT2D eigenvalue weighted by atomic mass is 16.3. The Bertz CT molecular complexity index is 686. The van der Waals surface area contributed by atoms with Gasteiger partial charge < -0.3 is 10.0 Å². The quantitative estimate of drug-likeness (QED) is 0.866. The first-order valence-corrected chi connectivity index (χ1v) is 9.21. The summed E-state index contributed by atoms with van der Waals surface area (Å²) < 4.78 is 0. The number of carbonyl (C=O) groups is 1. The maximum atomic E-state index is 13.5. The van der Waals surface area contributed by atoms with Gasteiger partial charge in [0.15, 0.2) is 0 Å². The van der Waals surface area contributed by atoms with Crippen LogP contribution in [0.5, 0.6) is 0 Å². The number of piperidine rings is 1. The summed E-state index contributed by atoms with van der Waals surface area (Å²) in [4.78, 5) is 15.4. The van der Waals surface area contributed by atoms with E-state index in [9.17, 15) is 9.90 Å². The van der Waals surface area contributed by atoms with Crippen LogP contribution in [0.4, 0.5) is 0 Å². The molecular formula is C22H27NO2. The average molecular weight is 337 g/mol. The van der Waals surface area contributed by atoms with Gasteiger partial charge in [-0.2, -0.15) is 0 Å². The lowest BCUT2D eigenvalue weighted by molar-refractivity contribution is -0.151. The van der Waals surface area contributed by atoms with Crippen molar-refractivity contribution >= 4 is 5.91 Å². The SMILES string of the molecule is CC[C@@]1(Cc2ccccc2)CCCN([C@@H](CO)c2ccccc2)C1=O. The predicted molar refractivity (Wildman–Crippen MR) is 100 cm³/mol. The molecule has 1 amide bonds. The summed E-state index contributed by atoms with van der Waals surface area (Å²) in [7, 11) is 0. The van der Waals surface area contributed by atoms with Crippen LogP contribution in [0.25, 0.3) is 0 Å². The minimum absolute atomic E-state index is 0.0408. The number of hydrogen-bond acceptors (Lipinski definition) is 2. The second-order valence-corrected chi connectivity index (χ2v) is 7.01. The van der Waals surface area contributed by atoms with E-state index in [0.29, 0.717) is 0 Å². The second kappa shape index (κ2) is 7.83. The summed E-state index contributed by atoms with van der Waals surface area (Å²) >= 11 is 0. The van der Waals surface area contributed by atoms with Crippen LogP contribution in [0.3, 0.4) is 0 Å². The lowest BCUT2D eigenvalue weighted by Gasteiger charge is -2.44. The zero-order chi connectivity index (χ0) is 17.7. The van der Waals surface area contributed by atoms with Crippen LogP contribution in [0, 0.1) is 5.41 Å². The maximum Gasteiger partial charge on any atom is 0.229 e. The molecule has 1 N–H and O–H groups in total. The number of aliphatic hydroxyl groups excluding tert-OH is 1. The first kappa shape index (κ1) is 17.7. The number of carbonyl (C=O) groups excluding carboxylic acids is 1. The first-order valence-electron chi connectivity index (χ1n) is 9.21. The summed E-state index contributed by atoms with van der Waals surface area (Å²) in [6.07, 6.45) is 3.49. The number of hydrogen-bond donors (Lipinski definition) is 1. The van der Waals surface area contributed by atoms with Crippen molar-refractivity contribution in [1.82, 2.24) is 4.90 Å². The smallest absolute Gasteiger partial charge is 0.229 e. The summed E-state index contributed by atoms with van der Waals surface area (Å²) in [6.45, 7) is 2.79. The lowest BCUT2D eigenvalue weighted by Crippen LogP contribution is -2.51. The number of likely N-dealkylation sites (tertiary alicyclic amines) is 1. The van der Waals surface area contributed by atoms with Crippen molar-refractivity contribution in [3.8, 4) is 0 Å². The monoisotopic (exact) mass is 337 g/mol. The molecule has 0 bridgehead atoms. The fraction of sp³-hybridized carbons (Fsp3) is 0.409. The first-order chi connectivity index (χ1) is 12.2. The van der Waals surface area contributed by atoms with Crippen molar-refractivity contribution in [2.45, 2.75) is 38.6 Å². The molecule has 3 heteroatoms. The molecule has 0 spiro atoms. The third kappa shape index (κ3) is 3.62. The van der Waals surface area contributed by atoms with Crippen LogP contribution in [0.2, 0.25) is 0 Å². The van der Waals surface area contributed by atoms with Crippen LogP contribution in [0.1, 0.15) is 43.4 Å². The summed E-state index contributed by atoms with van der Waals surface area (Å²) in [5.74, 6) is 0.188. The number of nitrogens with zero attached hydrogens (tertiary/aromatic N) is 1. The van der Waals surface area contributed by atoms with E-state index in [4.69, 9.17) is 0 Å². The summed E-state index contributed by atoms with van der Waals surface area (Å²) in [5, 5.41) is 9.99. The molecule has 1 heterocycles. The minimum atomic E-state index is -0.359. The van der Waals surface area contributed by atoms with Crippen LogP contribution < -0.4 is 0 Å². The molecule has 1 saturated heterocycles. The maximum absolute atomic E-state index is 13.5. The fourth-order valence-corrected chi connectivity index (χ4v) is 4.06. The molecule has 1 fully saturated rings. The van der Waals surface area contributed by atoms with Crippen molar-refractivity contribution < 1.29 is 9.90 Å². The van der Waals surface area contributed by atoms with Gasteiger partial charge in [-0.25, -0.2) is 0 Å². The molecule has 3 rings (SSSR count). The van der Waals surface area contributed by atoms with E-state index in [1.54, 1.807) is 0 Å². The molecule has 0 unspecified atom stereocenters. The van der Waals surface area contributed by atoms with Gasteiger partial charge in [0.2, 0.25) is 5.91 Å². The summed E-state index contributed by atoms with van der Waals surface area (Å²) in [5.41, 5.74) is 1.85. The normalized spacial score (nSPS) is 22.0. The number of benzene rings is 2. The molecule has 2 atom stereocenters. The van der Waals surface area contributed by atoms with Gasteiger partial charge in [0, 0.05) is 6.54 Å². The Morgan fingerprint density at radius 1 is 1.08 bits per heavy atom. The van der Waals surface area contributed by atoms with E-state index in [-0.39, 0.29) is 24.0 Å². The lowest BCUT2D eigenvalue weighted by atomic mass is 9.72. The van der Waals surface area contributed by atoms with E-state index >= 15 is 0 Å². The molecule has 0 radical (unpaired) electrons. The molecule has 1 aliphatic rings. The minimum Gasteiger partial charge on any atom is -0.394 e. The Morgan fingerprint density at radius 3 is 2.32 bits per heavy atom. The molecule has 2 aromatic carbocycles. The standard InChI is InChI=1S/C22H27NO2/c1-2-22(16-18-10-5-3-6-11-18)14-9-15-23(21(22)25)20(17-24)19-12-7-4-8-13-19/h3-8,10-13,20,24H,2,9,14-17H2,1H3/t20-,22-/m0/s1. The Balaban J connectivity index is 1.88. The van der Waals surface area contributed by atoms with Crippen LogP contribution in [0.15, 0.2) is 60.7 Å². The van der Waals surface area contributed by atoms with Gasteiger partial charge in [0.05, 0.1) is 18.1 Å². The Labute approximate surface area is 150 Å². The van der Waals surface area contributed by atoms with Crippen LogP contribution in [-0.4, -0.2) is 29.1 Å². The van der Waals surface area contributed by atoms with Gasteiger partial charge in [-0.15, -0.1) is 0 Å². The largest absolute Gasteiger partial charge is 0.394 e. The number of rotatable bonds is 6. The number of aliphatic hydroxyl groups is 1. The zero-order valence-electron chi connectivity index (χ0n) is 14.9. The van der Waals surface area contributed by atoms with E-state index in [1.165, 1.54) is 5.56 Å². The second-order valence-electron chi connectivity index (χ2n) is 7.01. The van der Waals surface area contributed by atoms with E-state index in [2.05, 4.69) is 19.1 Å². The zero-order valence-corrected chi connectivity index (χ0v) is 14.9. The van der Waals surface area contributed by atoms with E-state index in [0.717, 1.165) is 37.8 Å². The molecule has 3 nitrogen and oxygen atoms in total. The van der Waals surface area contributed by atoms with Gasteiger partial charge in [0.1, 0.15) is 0 Å². The van der Waals surface area contributed by atoms with Crippen molar-refractivity contribution in [3.63, 3.8) is 0 Å². The van der Waals surface area contributed by atoms with Gasteiger partial charge >= 0.3 is 0 Å². The van der Waals surface area contributed by atoms with Gasteiger partial charge in [-0.3, -0.25) is 4.79 Å². The van der Waals surface area contributed by atoms with Gasteiger partial charge in [-0.05, 0) is 36.8 Å². The molecule has 0 aliphatic carbocycles. The van der Waals surface area contributed by atoms with Crippen LogP contribution >= 0.6 is 0 Å². The average Bonchev–Trinajstić information content (AvgIpc) is 2.67. The van der Waals surface area contributed by atoms with Gasteiger partial charge in [-0.1, -0.05) is 67.6 Å². The third-order valence-electron chi connectivity index (χ3n) is 5.56. The molecule has 0 saturated carbocycles. The molecule has 132 valence electrons. The van der Waals surface area contributed by atoms with Crippen molar-refractivity contribution in [2.75, 3.05) is 13.2 Å². The highest BCUT2D eigenvalue weighted by Gasteiger charge is 2.44. The Morgan fingerprint density at radius 2 is 1.72 bits per heavy atom.